The van der Waals surface area contributed by atoms with Crippen LogP contribution in [-0.4, -0.2) is 52.9 Å². The quantitative estimate of drug-likeness (QED) is 0.708. The summed E-state index contributed by atoms with van der Waals surface area (Å²) in [5.74, 6) is 0.560. The predicted octanol–water partition coefficient (Wildman–Crippen LogP) is 4.01. The highest BCUT2D eigenvalue weighted by atomic mass is 32.1. The Morgan fingerprint density at radius 2 is 1.83 bits per heavy atom. The molecule has 0 atom stereocenters. The number of hydrogen-bond donors (Lipinski definition) is 1. The number of furan rings is 1. The number of thiazole rings is 1. The van der Waals surface area contributed by atoms with Crippen LogP contribution in [0.3, 0.4) is 0 Å². The van der Waals surface area contributed by atoms with Crippen molar-refractivity contribution in [3.8, 4) is 10.8 Å². The van der Waals surface area contributed by atoms with Crippen molar-refractivity contribution >= 4 is 29.0 Å². The lowest BCUT2D eigenvalue weighted by atomic mass is 10.2. The SMILES string of the molecule is Cc1cccc(NC(=O)N2CCN(C(=O)c3nc(-c4ccco4)sc3C)CC2)c1. The molecule has 1 saturated heterocycles. The van der Waals surface area contributed by atoms with Crippen LogP contribution >= 0.6 is 11.3 Å². The van der Waals surface area contributed by atoms with Crippen molar-refractivity contribution in [2.75, 3.05) is 31.5 Å². The number of carbonyl (C=O) groups excluding carboxylic acids is 2. The summed E-state index contributed by atoms with van der Waals surface area (Å²) in [6, 6.07) is 11.2. The second kappa shape index (κ2) is 8.08. The van der Waals surface area contributed by atoms with Crippen LogP contribution in [0.4, 0.5) is 10.5 Å². The van der Waals surface area contributed by atoms with E-state index < -0.39 is 0 Å². The van der Waals surface area contributed by atoms with Gasteiger partial charge in [0.25, 0.3) is 5.91 Å². The van der Waals surface area contributed by atoms with Gasteiger partial charge in [-0.05, 0) is 43.7 Å². The van der Waals surface area contributed by atoms with E-state index in [1.54, 1.807) is 22.1 Å². The van der Waals surface area contributed by atoms with Crippen LogP contribution in [0.2, 0.25) is 0 Å². The van der Waals surface area contributed by atoms with Crippen LogP contribution in [0.1, 0.15) is 20.9 Å². The number of aryl methyl sites for hydroxylation is 2. The molecule has 1 aliphatic heterocycles. The zero-order valence-electron chi connectivity index (χ0n) is 16.3. The van der Waals surface area contributed by atoms with Crippen molar-refractivity contribution in [1.82, 2.24) is 14.8 Å². The minimum atomic E-state index is -0.146. The van der Waals surface area contributed by atoms with Gasteiger partial charge in [-0.25, -0.2) is 9.78 Å². The second-order valence-corrected chi connectivity index (χ2v) is 8.18. The largest absolute Gasteiger partial charge is 0.462 e. The number of urea groups is 1. The molecule has 8 heteroatoms. The summed E-state index contributed by atoms with van der Waals surface area (Å²) in [6.07, 6.45) is 1.59. The van der Waals surface area contributed by atoms with Gasteiger partial charge in [0, 0.05) is 36.7 Å². The zero-order chi connectivity index (χ0) is 20.4. The molecule has 7 nitrogen and oxygen atoms in total. The van der Waals surface area contributed by atoms with Gasteiger partial charge in [-0.2, -0.15) is 0 Å². The van der Waals surface area contributed by atoms with Crippen molar-refractivity contribution < 1.29 is 14.0 Å². The van der Waals surface area contributed by atoms with Gasteiger partial charge < -0.3 is 19.5 Å². The molecule has 0 spiro atoms. The van der Waals surface area contributed by atoms with E-state index in [1.165, 1.54) is 11.3 Å². The molecule has 3 aromatic rings. The maximum atomic E-state index is 12.9. The third-order valence-electron chi connectivity index (χ3n) is 4.85. The first kappa shape index (κ1) is 19.2. The van der Waals surface area contributed by atoms with Gasteiger partial charge >= 0.3 is 6.03 Å². The number of piperazine rings is 1. The number of aromatic nitrogens is 1. The van der Waals surface area contributed by atoms with E-state index in [2.05, 4.69) is 10.3 Å². The first-order valence-corrected chi connectivity index (χ1v) is 10.3. The molecule has 0 unspecified atom stereocenters. The third kappa shape index (κ3) is 4.17. The molecule has 29 heavy (non-hydrogen) atoms. The summed E-state index contributed by atoms with van der Waals surface area (Å²) in [5.41, 5.74) is 2.32. The van der Waals surface area contributed by atoms with Gasteiger partial charge in [0.15, 0.2) is 10.8 Å². The molecule has 1 aliphatic rings. The Morgan fingerprint density at radius 3 is 2.52 bits per heavy atom. The Kier molecular flexibility index (Phi) is 5.35. The lowest BCUT2D eigenvalue weighted by molar-refractivity contribution is 0.0666. The normalized spacial score (nSPS) is 14.1. The zero-order valence-corrected chi connectivity index (χ0v) is 17.2. The Morgan fingerprint density at radius 1 is 1.07 bits per heavy atom. The topological polar surface area (TPSA) is 78.7 Å². The van der Waals surface area contributed by atoms with Crippen molar-refractivity contribution in [2.45, 2.75) is 13.8 Å². The van der Waals surface area contributed by atoms with Gasteiger partial charge in [-0.1, -0.05) is 12.1 Å². The number of rotatable bonds is 3. The molecular formula is C21H22N4O3S. The fraction of sp³-hybridized carbons (Fsp3) is 0.286. The van der Waals surface area contributed by atoms with Gasteiger partial charge in [0.2, 0.25) is 0 Å². The summed E-state index contributed by atoms with van der Waals surface area (Å²) in [5, 5.41) is 3.62. The van der Waals surface area contributed by atoms with Crippen molar-refractivity contribution in [2.24, 2.45) is 0 Å². The number of amides is 3. The number of hydrogen-bond acceptors (Lipinski definition) is 5. The van der Waals surface area contributed by atoms with Crippen LogP contribution in [0.25, 0.3) is 10.8 Å². The fourth-order valence-electron chi connectivity index (χ4n) is 3.29. The predicted molar refractivity (Wildman–Crippen MR) is 112 cm³/mol. The van der Waals surface area contributed by atoms with E-state index in [0.29, 0.717) is 42.6 Å². The first-order chi connectivity index (χ1) is 14.0. The smallest absolute Gasteiger partial charge is 0.321 e. The highest BCUT2D eigenvalue weighted by Gasteiger charge is 2.28. The summed E-state index contributed by atoms with van der Waals surface area (Å²) in [4.78, 5) is 34.3. The molecule has 3 heterocycles. The molecular weight excluding hydrogens is 388 g/mol. The lowest BCUT2D eigenvalue weighted by Gasteiger charge is -2.34. The number of nitrogens with zero attached hydrogens (tertiary/aromatic N) is 3. The van der Waals surface area contributed by atoms with Gasteiger partial charge in [-0.15, -0.1) is 11.3 Å². The molecule has 0 aliphatic carbocycles. The summed E-state index contributed by atoms with van der Waals surface area (Å²) in [6.45, 7) is 5.80. The standard InChI is InChI=1S/C21H22N4O3S/c1-14-5-3-6-16(13-14)22-21(27)25-10-8-24(9-11-25)20(26)18-15(2)29-19(23-18)17-7-4-12-28-17/h3-7,12-13H,8-11H2,1-2H3,(H,22,27). The molecule has 1 fully saturated rings. The monoisotopic (exact) mass is 410 g/mol. The van der Waals surface area contributed by atoms with Crippen molar-refractivity contribution in [3.63, 3.8) is 0 Å². The second-order valence-electron chi connectivity index (χ2n) is 6.98. The van der Waals surface area contributed by atoms with Crippen molar-refractivity contribution in [3.05, 3.63) is 58.8 Å². The fourth-order valence-corrected chi connectivity index (χ4v) is 4.16. The van der Waals surface area contributed by atoms with E-state index >= 15 is 0 Å². The highest BCUT2D eigenvalue weighted by molar-refractivity contribution is 7.15. The number of anilines is 1. The summed E-state index contributed by atoms with van der Waals surface area (Å²) in [7, 11) is 0. The molecule has 3 amide bonds. The van der Waals surface area contributed by atoms with Crippen LogP contribution in [-0.2, 0) is 0 Å². The molecule has 1 aromatic carbocycles. The molecule has 0 saturated carbocycles. The van der Waals surface area contributed by atoms with Crippen LogP contribution in [0, 0.1) is 13.8 Å². The molecule has 150 valence electrons. The maximum Gasteiger partial charge on any atom is 0.321 e. The molecule has 2 aromatic heterocycles. The Labute approximate surface area is 173 Å². The summed E-state index contributed by atoms with van der Waals surface area (Å²) >= 11 is 1.45. The van der Waals surface area contributed by atoms with Gasteiger partial charge in [-0.3, -0.25) is 4.79 Å². The lowest BCUT2D eigenvalue weighted by Crippen LogP contribution is -2.51. The Hall–Kier alpha value is -3.13. The minimum Gasteiger partial charge on any atom is -0.462 e. The van der Waals surface area contributed by atoms with Crippen LogP contribution in [0.5, 0.6) is 0 Å². The Bertz CT molecular complexity index is 1020. The first-order valence-electron chi connectivity index (χ1n) is 9.44. The highest BCUT2D eigenvalue weighted by Crippen LogP contribution is 2.28. The average Bonchev–Trinajstić information content (AvgIpc) is 3.37. The minimum absolute atomic E-state index is 0.102. The van der Waals surface area contributed by atoms with Gasteiger partial charge in [0.05, 0.1) is 6.26 Å². The van der Waals surface area contributed by atoms with Crippen LogP contribution in [0.15, 0.2) is 47.1 Å². The third-order valence-corrected chi connectivity index (χ3v) is 5.84. The van der Waals surface area contributed by atoms with E-state index in [9.17, 15) is 9.59 Å². The molecule has 0 bridgehead atoms. The Balaban J connectivity index is 1.37. The number of carbonyl (C=O) groups is 2. The van der Waals surface area contributed by atoms with E-state index in [0.717, 1.165) is 16.1 Å². The molecule has 1 N–H and O–H groups in total. The van der Waals surface area contributed by atoms with Gasteiger partial charge in [0.1, 0.15) is 5.69 Å². The van der Waals surface area contributed by atoms with Crippen LogP contribution < -0.4 is 5.32 Å². The maximum absolute atomic E-state index is 12.9. The molecule has 0 radical (unpaired) electrons. The average molecular weight is 410 g/mol. The molecule has 4 rings (SSSR count). The van der Waals surface area contributed by atoms with Crippen molar-refractivity contribution in [1.29, 1.82) is 0 Å². The van der Waals surface area contributed by atoms with E-state index in [4.69, 9.17) is 4.42 Å². The number of nitrogens with one attached hydrogen (secondary N) is 1. The number of benzene rings is 1. The van der Waals surface area contributed by atoms with E-state index in [1.807, 2.05) is 44.2 Å². The summed E-state index contributed by atoms with van der Waals surface area (Å²) < 4.78 is 5.38. The van der Waals surface area contributed by atoms with E-state index in [-0.39, 0.29) is 11.9 Å².